The van der Waals surface area contributed by atoms with E-state index in [2.05, 4.69) is 10.9 Å². The fourth-order valence-corrected chi connectivity index (χ4v) is 1.14. The van der Waals surface area contributed by atoms with Crippen molar-refractivity contribution in [2.45, 2.75) is 12.5 Å². The SMILES string of the molecule is N=C(N)NN[C@H]([C]=O)Cc1ccccc1. The highest BCUT2D eigenvalue weighted by Gasteiger charge is 2.08. The summed E-state index contributed by atoms with van der Waals surface area (Å²) in [6.45, 7) is 0. The minimum atomic E-state index is -0.517. The molecule has 0 aliphatic rings. The Bertz CT molecular complexity index is 325. The third-order valence-electron chi connectivity index (χ3n) is 1.81. The molecule has 1 aromatic carbocycles. The van der Waals surface area contributed by atoms with Gasteiger partial charge in [-0.05, 0) is 12.0 Å². The number of hydrazine groups is 1. The zero-order valence-corrected chi connectivity index (χ0v) is 8.16. The van der Waals surface area contributed by atoms with Crippen LogP contribution >= 0.6 is 0 Å². The van der Waals surface area contributed by atoms with Gasteiger partial charge in [0.25, 0.3) is 0 Å². The molecule has 0 amide bonds. The molecule has 0 heterocycles. The van der Waals surface area contributed by atoms with Gasteiger partial charge in [-0.2, -0.15) is 0 Å². The Hall–Kier alpha value is -1.88. The van der Waals surface area contributed by atoms with Crippen LogP contribution in [0.1, 0.15) is 5.56 Å². The first kappa shape index (κ1) is 11.2. The maximum atomic E-state index is 10.6. The van der Waals surface area contributed by atoms with Gasteiger partial charge in [0.15, 0.2) is 5.96 Å². The quantitative estimate of drug-likeness (QED) is 0.301. The van der Waals surface area contributed by atoms with Crippen LogP contribution in [0.2, 0.25) is 0 Å². The number of rotatable bonds is 5. The highest BCUT2D eigenvalue weighted by atomic mass is 16.1. The number of carbonyl (C=O) groups excluding carboxylic acids is 1. The van der Waals surface area contributed by atoms with Gasteiger partial charge in [-0.3, -0.25) is 15.6 Å². The van der Waals surface area contributed by atoms with E-state index < -0.39 is 6.04 Å². The lowest BCUT2D eigenvalue weighted by Gasteiger charge is -2.12. The van der Waals surface area contributed by atoms with Gasteiger partial charge in [-0.25, -0.2) is 5.43 Å². The maximum Gasteiger partial charge on any atom is 0.219 e. The predicted octanol–water partition coefficient (Wildman–Crippen LogP) is -0.305. The highest BCUT2D eigenvalue weighted by molar-refractivity contribution is 5.74. The molecule has 1 atom stereocenters. The van der Waals surface area contributed by atoms with E-state index in [1.165, 1.54) is 0 Å². The molecule has 5 heteroatoms. The molecular formula is C10H13N4O. The fourth-order valence-electron chi connectivity index (χ4n) is 1.14. The van der Waals surface area contributed by atoms with Crippen molar-refractivity contribution in [1.29, 1.82) is 5.41 Å². The Balaban J connectivity index is 2.47. The molecule has 0 spiro atoms. The number of hydrogen-bond donors (Lipinski definition) is 4. The smallest absolute Gasteiger partial charge is 0.219 e. The topological polar surface area (TPSA) is 91.0 Å². The van der Waals surface area contributed by atoms with Crippen LogP contribution in [0.15, 0.2) is 30.3 Å². The van der Waals surface area contributed by atoms with Crippen molar-refractivity contribution in [2.75, 3.05) is 0 Å². The van der Waals surface area contributed by atoms with Crippen molar-refractivity contribution in [3.63, 3.8) is 0 Å². The second kappa shape index (κ2) is 5.77. The summed E-state index contributed by atoms with van der Waals surface area (Å²) >= 11 is 0. The summed E-state index contributed by atoms with van der Waals surface area (Å²) in [6.07, 6.45) is 2.33. The third kappa shape index (κ3) is 4.24. The van der Waals surface area contributed by atoms with Crippen LogP contribution in [0, 0.1) is 5.41 Å². The minimum Gasteiger partial charge on any atom is -0.369 e. The van der Waals surface area contributed by atoms with Crippen LogP contribution in [0.5, 0.6) is 0 Å². The predicted molar refractivity (Wildman–Crippen MR) is 57.8 cm³/mol. The number of guanidine groups is 1. The average Bonchev–Trinajstić information content (AvgIpc) is 2.25. The Morgan fingerprint density at radius 3 is 2.67 bits per heavy atom. The fraction of sp³-hybridized carbons (Fsp3) is 0.200. The van der Waals surface area contributed by atoms with E-state index in [0.717, 1.165) is 5.56 Å². The minimum absolute atomic E-state index is 0.233. The van der Waals surface area contributed by atoms with Crippen LogP contribution < -0.4 is 16.6 Å². The normalized spacial score (nSPS) is 11.7. The van der Waals surface area contributed by atoms with E-state index in [0.29, 0.717) is 6.42 Å². The average molecular weight is 205 g/mol. The molecule has 5 N–H and O–H groups in total. The van der Waals surface area contributed by atoms with Crippen LogP contribution in [0.3, 0.4) is 0 Å². The van der Waals surface area contributed by atoms with E-state index >= 15 is 0 Å². The van der Waals surface area contributed by atoms with Gasteiger partial charge < -0.3 is 5.73 Å². The summed E-state index contributed by atoms with van der Waals surface area (Å²) in [5.41, 5.74) is 11.0. The zero-order valence-electron chi connectivity index (χ0n) is 8.16. The van der Waals surface area contributed by atoms with Crippen LogP contribution in [-0.2, 0) is 11.2 Å². The van der Waals surface area contributed by atoms with E-state index in [-0.39, 0.29) is 5.96 Å². The van der Waals surface area contributed by atoms with Crippen molar-refractivity contribution in [1.82, 2.24) is 10.9 Å². The summed E-state index contributed by atoms with van der Waals surface area (Å²) in [4.78, 5) is 10.6. The van der Waals surface area contributed by atoms with E-state index in [9.17, 15) is 4.79 Å². The summed E-state index contributed by atoms with van der Waals surface area (Å²) in [5.74, 6) is -0.233. The van der Waals surface area contributed by atoms with Crippen LogP contribution in [-0.4, -0.2) is 18.3 Å². The standard InChI is InChI=1S/C10H13N4O/c11-10(12)14-13-9(7-15)6-8-4-2-1-3-5-8/h1-5,9,13H,6H2,(H4,11,12,14)/t9-/m0/s1. The molecule has 15 heavy (non-hydrogen) atoms. The van der Waals surface area contributed by atoms with E-state index in [1.807, 2.05) is 36.6 Å². The monoisotopic (exact) mass is 205 g/mol. The van der Waals surface area contributed by atoms with Crippen molar-refractivity contribution >= 4 is 12.2 Å². The maximum absolute atomic E-state index is 10.6. The lowest BCUT2D eigenvalue weighted by atomic mass is 10.1. The number of nitrogens with one attached hydrogen (secondary N) is 3. The van der Waals surface area contributed by atoms with Gasteiger partial charge in [0, 0.05) is 0 Å². The first-order chi connectivity index (χ1) is 7.22. The van der Waals surface area contributed by atoms with Crippen LogP contribution in [0.25, 0.3) is 0 Å². The third-order valence-corrected chi connectivity index (χ3v) is 1.81. The van der Waals surface area contributed by atoms with Gasteiger partial charge in [0.05, 0.1) is 6.04 Å². The lowest BCUT2D eigenvalue weighted by Crippen LogP contribution is -2.48. The molecule has 0 aliphatic carbocycles. The number of nitrogens with two attached hydrogens (primary N) is 1. The molecular weight excluding hydrogens is 192 g/mol. The van der Waals surface area contributed by atoms with Gasteiger partial charge in [-0.1, -0.05) is 30.3 Å². The molecule has 0 saturated carbocycles. The molecule has 0 bridgehead atoms. The lowest BCUT2D eigenvalue weighted by molar-refractivity contribution is 0.501. The summed E-state index contributed by atoms with van der Waals surface area (Å²) < 4.78 is 0. The first-order valence-corrected chi connectivity index (χ1v) is 4.49. The largest absolute Gasteiger partial charge is 0.369 e. The molecule has 0 aliphatic heterocycles. The van der Waals surface area contributed by atoms with Crippen molar-refractivity contribution in [2.24, 2.45) is 5.73 Å². The second-order valence-electron chi connectivity index (χ2n) is 3.04. The molecule has 0 unspecified atom stereocenters. The highest BCUT2D eigenvalue weighted by Crippen LogP contribution is 2.01. The molecule has 0 aromatic heterocycles. The number of hydrogen-bond acceptors (Lipinski definition) is 3. The Morgan fingerprint density at radius 2 is 2.13 bits per heavy atom. The second-order valence-corrected chi connectivity index (χ2v) is 3.04. The summed E-state index contributed by atoms with van der Waals surface area (Å²) in [6, 6.07) is 9.02. The Morgan fingerprint density at radius 1 is 1.47 bits per heavy atom. The molecule has 5 nitrogen and oxygen atoms in total. The molecule has 1 aromatic rings. The van der Waals surface area contributed by atoms with E-state index in [4.69, 9.17) is 11.1 Å². The van der Waals surface area contributed by atoms with Gasteiger partial charge in [0.1, 0.15) is 0 Å². The molecule has 1 radical (unpaired) electrons. The van der Waals surface area contributed by atoms with Crippen molar-refractivity contribution in [3.05, 3.63) is 35.9 Å². The summed E-state index contributed by atoms with van der Waals surface area (Å²) in [7, 11) is 0. The van der Waals surface area contributed by atoms with Gasteiger partial charge >= 0.3 is 0 Å². The summed E-state index contributed by atoms with van der Waals surface area (Å²) in [5, 5.41) is 6.92. The molecule has 79 valence electrons. The van der Waals surface area contributed by atoms with Gasteiger partial charge in [-0.15, -0.1) is 0 Å². The first-order valence-electron chi connectivity index (χ1n) is 4.49. The van der Waals surface area contributed by atoms with Crippen molar-refractivity contribution < 1.29 is 4.79 Å². The molecule has 0 saturated heterocycles. The Labute approximate surface area is 88.1 Å². The molecule has 1 rings (SSSR count). The number of benzene rings is 1. The zero-order chi connectivity index (χ0) is 11.1. The van der Waals surface area contributed by atoms with Crippen LogP contribution in [0.4, 0.5) is 0 Å². The van der Waals surface area contributed by atoms with E-state index in [1.54, 1.807) is 0 Å². The van der Waals surface area contributed by atoms with Crippen molar-refractivity contribution in [3.8, 4) is 0 Å². The molecule has 0 fully saturated rings. The van der Waals surface area contributed by atoms with Gasteiger partial charge in [0.2, 0.25) is 6.29 Å². The Kier molecular flexibility index (Phi) is 4.30.